The molecule has 94 valence electrons. The molecule has 0 saturated carbocycles. The minimum atomic E-state index is -1.03. The van der Waals surface area contributed by atoms with Crippen molar-refractivity contribution in [3.63, 3.8) is 0 Å². The number of hydrogen-bond donors (Lipinski definition) is 2. The smallest absolute Gasteiger partial charge is 0.326 e. The molecule has 0 saturated heterocycles. The van der Waals surface area contributed by atoms with Gasteiger partial charge in [0.05, 0.1) is 5.69 Å². The first kappa shape index (κ1) is 13.6. The lowest BCUT2D eigenvalue weighted by Gasteiger charge is -2.14. The summed E-state index contributed by atoms with van der Waals surface area (Å²) in [7, 11) is 0. The van der Waals surface area contributed by atoms with Gasteiger partial charge in [0.2, 0.25) is 0 Å². The van der Waals surface area contributed by atoms with E-state index in [-0.39, 0.29) is 12.2 Å². The Morgan fingerprint density at radius 1 is 1.61 bits per heavy atom. The molecule has 0 aliphatic rings. The van der Waals surface area contributed by atoms with E-state index < -0.39 is 12.0 Å². The number of carboxylic acids is 1. The van der Waals surface area contributed by atoms with Gasteiger partial charge in [-0.3, -0.25) is 0 Å². The summed E-state index contributed by atoms with van der Waals surface area (Å²) in [6.07, 6.45) is 1.72. The molecule has 1 unspecified atom stereocenters. The Hall–Kier alpha value is -2.42. The average molecular weight is 246 g/mol. The first-order valence-corrected chi connectivity index (χ1v) is 5.35. The van der Waals surface area contributed by atoms with Gasteiger partial charge in [-0.25, -0.2) is 4.79 Å². The van der Waals surface area contributed by atoms with Gasteiger partial charge in [0, 0.05) is 0 Å². The lowest BCUT2D eigenvalue weighted by atomic mass is 10.1. The number of anilines is 1. The van der Waals surface area contributed by atoms with Crippen molar-refractivity contribution in [2.45, 2.75) is 26.3 Å². The molecule has 0 radical (unpaired) electrons. The zero-order chi connectivity index (χ0) is 13.7. The fourth-order valence-corrected chi connectivity index (χ4v) is 1.40. The van der Waals surface area contributed by atoms with Crippen molar-refractivity contribution >= 4 is 11.8 Å². The highest BCUT2D eigenvalue weighted by molar-refractivity contribution is 5.78. The molecule has 6 nitrogen and oxygen atoms in total. The number of aryl methyl sites for hydroxylation is 1. The van der Waals surface area contributed by atoms with Crippen LogP contribution in [0.5, 0.6) is 0 Å². The molecule has 1 aromatic heterocycles. The first-order chi connectivity index (χ1) is 8.51. The van der Waals surface area contributed by atoms with Gasteiger partial charge in [-0.1, -0.05) is 6.08 Å². The van der Waals surface area contributed by atoms with Crippen LogP contribution in [-0.2, 0) is 4.79 Å². The van der Waals surface area contributed by atoms with E-state index in [0.717, 1.165) is 0 Å². The summed E-state index contributed by atoms with van der Waals surface area (Å²) in [5.41, 5.74) is 1.66. The van der Waals surface area contributed by atoms with Crippen LogP contribution in [0, 0.1) is 25.2 Å². The molecule has 6 heteroatoms. The van der Waals surface area contributed by atoms with Gasteiger partial charge in [0.1, 0.15) is 17.7 Å². The van der Waals surface area contributed by atoms with Crippen LogP contribution in [0.1, 0.15) is 23.2 Å². The number of nitrogens with zero attached hydrogens (tertiary/aromatic N) is 3. The number of hydrogen-bond acceptors (Lipinski definition) is 5. The Kier molecular flexibility index (Phi) is 4.38. The van der Waals surface area contributed by atoms with Crippen LogP contribution in [0.25, 0.3) is 0 Å². The van der Waals surface area contributed by atoms with Crippen molar-refractivity contribution in [3.8, 4) is 6.07 Å². The van der Waals surface area contributed by atoms with Crippen molar-refractivity contribution < 1.29 is 9.90 Å². The number of aromatic nitrogens is 2. The van der Waals surface area contributed by atoms with Gasteiger partial charge >= 0.3 is 5.97 Å². The molecule has 2 N–H and O–H groups in total. The maximum atomic E-state index is 11.0. The summed E-state index contributed by atoms with van der Waals surface area (Å²) >= 11 is 0. The second-order valence-electron chi connectivity index (χ2n) is 3.81. The van der Waals surface area contributed by atoms with Crippen molar-refractivity contribution in [1.29, 1.82) is 5.26 Å². The number of carbonyl (C=O) groups is 1. The first-order valence-electron chi connectivity index (χ1n) is 5.35. The number of nitrogens with one attached hydrogen (secondary N) is 1. The second kappa shape index (κ2) is 5.77. The third kappa shape index (κ3) is 2.83. The summed E-state index contributed by atoms with van der Waals surface area (Å²) in [5.74, 6) is -0.839. The molecule has 0 aliphatic heterocycles. The summed E-state index contributed by atoms with van der Waals surface area (Å²) in [6.45, 7) is 6.98. The molecular weight excluding hydrogens is 232 g/mol. The predicted octanol–water partition coefficient (Wildman–Crippen LogP) is 1.41. The molecule has 0 aliphatic carbocycles. The minimum Gasteiger partial charge on any atom is -0.480 e. The quantitative estimate of drug-likeness (QED) is 0.762. The number of rotatable bonds is 5. The number of nitriles is 1. The highest BCUT2D eigenvalue weighted by atomic mass is 16.4. The molecule has 1 atom stereocenters. The summed E-state index contributed by atoms with van der Waals surface area (Å²) < 4.78 is 0. The predicted molar refractivity (Wildman–Crippen MR) is 66.1 cm³/mol. The van der Waals surface area contributed by atoms with E-state index in [1.807, 2.05) is 6.07 Å². The van der Waals surface area contributed by atoms with Gasteiger partial charge < -0.3 is 10.4 Å². The molecule has 1 rings (SSSR count). The topological polar surface area (TPSA) is 98.9 Å². The maximum Gasteiger partial charge on any atom is 0.326 e. The fraction of sp³-hybridized carbons (Fsp3) is 0.333. The van der Waals surface area contributed by atoms with Gasteiger partial charge in [0.15, 0.2) is 5.82 Å². The van der Waals surface area contributed by atoms with E-state index in [2.05, 4.69) is 22.1 Å². The largest absolute Gasteiger partial charge is 0.480 e. The van der Waals surface area contributed by atoms with Crippen LogP contribution >= 0.6 is 0 Å². The lowest BCUT2D eigenvalue weighted by molar-refractivity contribution is -0.137. The Balaban J connectivity index is 3.11. The van der Waals surface area contributed by atoms with Crippen molar-refractivity contribution in [3.05, 3.63) is 29.5 Å². The van der Waals surface area contributed by atoms with E-state index >= 15 is 0 Å². The fourth-order valence-electron chi connectivity index (χ4n) is 1.40. The van der Waals surface area contributed by atoms with Gasteiger partial charge in [-0.15, -0.1) is 11.7 Å². The lowest BCUT2D eigenvalue weighted by Crippen LogP contribution is -2.29. The van der Waals surface area contributed by atoms with Crippen LogP contribution in [0.4, 0.5) is 5.82 Å². The van der Waals surface area contributed by atoms with Crippen molar-refractivity contribution in [2.24, 2.45) is 0 Å². The SMILES string of the molecule is C=CCC(Nc1nnc(C)c(C)c1C#N)C(=O)O. The Bertz CT molecular complexity index is 520. The molecular formula is C12H14N4O2. The minimum absolute atomic E-state index is 0.190. The summed E-state index contributed by atoms with van der Waals surface area (Å²) in [6, 6.07) is 1.14. The van der Waals surface area contributed by atoms with Crippen molar-refractivity contribution in [2.75, 3.05) is 5.32 Å². The average Bonchev–Trinajstić information content (AvgIpc) is 2.33. The molecule has 0 aromatic carbocycles. The van der Waals surface area contributed by atoms with E-state index in [1.165, 1.54) is 6.08 Å². The Morgan fingerprint density at radius 2 is 2.28 bits per heavy atom. The highest BCUT2D eigenvalue weighted by Crippen LogP contribution is 2.18. The molecule has 0 fully saturated rings. The highest BCUT2D eigenvalue weighted by Gasteiger charge is 2.19. The van der Waals surface area contributed by atoms with E-state index in [9.17, 15) is 4.79 Å². The summed E-state index contributed by atoms with van der Waals surface area (Å²) in [5, 5.41) is 28.5. The van der Waals surface area contributed by atoms with Crippen LogP contribution in [0.3, 0.4) is 0 Å². The van der Waals surface area contributed by atoms with E-state index in [4.69, 9.17) is 10.4 Å². The normalized spacial score (nSPS) is 11.4. The molecule has 0 amide bonds. The standard InChI is InChI=1S/C12H14N4O2/c1-4-5-10(12(17)18)14-11-9(6-13)7(2)8(3)15-16-11/h4,10H,1,5H2,2-3H3,(H,14,16)(H,17,18). The number of carboxylic acid groups (broad SMARTS) is 1. The Morgan fingerprint density at radius 3 is 2.78 bits per heavy atom. The van der Waals surface area contributed by atoms with Gasteiger partial charge in [-0.2, -0.15) is 10.4 Å². The van der Waals surface area contributed by atoms with Crippen molar-refractivity contribution in [1.82, 2.24) is 10.2 Å². The van der Waals surface area contributed by atoms with Crippen LogP contribution in [0.15, 0.2) is 12.7 Å². The number of aliphatic carboxylic acids is 1. The summed E-state index contributed by atoms with van der Waals surface area (Å²) in [4.78, 5) is 11.0. The monoisotopic (exact) mass is 246 g/mol. The van der Waals surface area contributed by atoms with Gasteiger partial charge in [-0.05, 0) is 25.8 Å². The molecule has 1 heterocycles. The third-order valence-electron chi connectivity index (χ3n) is 2.58. The van der Waals surface area contributed by atoms with Gasteiger partial charge in [0.25, 0.3) is 0 Å². The van der Waals surface area contributed by atoms with E-state index in [0.29, 0.717) is 16.8 Å². The second-order valence-corrected chi connectivity index (χ2v) is 3.81. The van der Waals surface area contributed by atoms with E-state index in [1.54, 1.807) is 13.8 Å². The Labute approximate surface area is 105 Å². The van der Waals surface area contributed by atoms with Crippen LogP contribution in [-0.4, -0.2) is 27.3 Å². The molecule has 0 bridgehead atoms. The maximum absolute atomic E-state index is 11.0. The molecule has 0 spiro atoms. The zero-order valence-electron chi connectivity index (χ0n) is 10.3. The van der Waals surface area contributed by atoms with Crippen LogP contribution in [0.2, 0.25) is 0 Å². The van der Waals surface area contributed by atoms with Crippen LogP contribution < -0.4 is 5.32 Å². The molecule has 18 heavy (non-hydrogen) atoms. The third-order valence-corrected chi connectivity index (χ3v) is 2.58. The molecule has 1 aromatic rings. The zero-order valence-corrected chi connectivity index (χ0v) is 10.3.